The molecule has 1 aliphatic heterocycles. The lowest BCUT2D eigenvalue weighted by molar-refractivity contribution is 0.159. The quantitative estimate of drug-likeness (QED) is 0.425. The minimum Gasteiger partial charge on any atom is -0.395 e. The summed E-state index contributed by atoms with van der Waals surface area (Å²) < 4.78 is 7.02. The summed E-state index contributed by atoms with van der Waals surface area (Å²) in [5, 5.41) is 21.1. The number of amides is 2. The number of hydrogen-bond acceptors (Lipinski definition) is 5. The highest BCUT2D eigenvalue weighted by molar-refractivity contribution is 5.90. The molecule has 0 radical (unpaired) electrons. The zero-order valence-electron chi connectivity index (χ0n) is 21.6. The van der Waals surface area contributed by atoms with E-state index in [1.165, 1.54) is 5.56 Å². The molecule has 1 aromatic heterocycles. The van der Waals surface area contributed by atoms with Crippen molar-refractivity contribution in [1.29, 1.82) is 0 Å². The van der Waals surface area contributed by atoms with E-state index >= 15 is 0 Å². The second kappa shape index (κ2) is 11.2. The van der Waals surface area contributed by atoms with E-state index in [1.807, 2.05) is 69.3 Å². The molecule has 1 fully saturated rings. The second-order valence-corrected chi connectivity index (χ2v) is 10.1. The number of likely N-dealkylation sites (tertiary alicyclic amines) is 1. The predicted molar refractivity (Wildman–Crippen MR) is 142 cm³/mol. The number of aromatic nitrogens is 2. The summed E-state index contributed by atoms with van der Waals surface area (Å²) in [6.45, 7) is 8.84. The van der Waals surface area contributed by atoms with Crippen LogP contribution in [0.1, 0.15) is 36.6 Å². The van der Waals surface area contributed by atoms with Gasteiger partial charge in [0.2, 0.25) is 0 Å². The van der Waals surface area contributed by atoms with Gasteiger partial charge in [-0.1, -0.05) is 62.4 Å². The van der Waals surface area contributed by atoms with Gasteiger partial charge in [0.15, 0.2) is 0 Å². The zero-order chi connectivity index (χ0) is 25.7. The Hall–Kier alpha value is -3.20. The molecule has 3 aromatic rings. The van der Waals surface area contributed by atoms with Gasteiger partial charge in [0.05, 0.1) is 30.6 Å². The minimum absolute atomic E-state index is 0.0500. The summed E-state index contributed by atoms with van der Waals surface area (Å²) >= 11 is 0. The molecule has 2 atom stereocenters. The Morgan fingerprint density at radius 1 is 1.11 bits per heavy atom. The zero-order valence-corrected chi connectivity index (χ0v) is 21.6. The Morgan fingerprint density at radius 2 is 1.78 bits per heavy atom. The molecule has 2 aromatic carbocycles. The molecule has 0 unspecified atom stereocenters. The highest BCUT2D eigenvalue weighted by Crippen LogP contribution is 2.32. The number of carbonyl (C=O) groups is 1. The third-order valence-electron chi connectivity index (χ3n) is 6.94. The molecule has 0 saturated carbocycles. The lowest BCUT2D eigenvalue weighted by atomic mass is 9.88. The summed E-state index contributed by atoms with van der Waals surface area (Å²) in [4.78, 5) is 15.7. The Balaban J connectivity index is 1.59. The maximum absolute atomic E-state index is 13.4. The Kier molecular flexibility index (Phi) is 8.08. The molecule has 0 aliphatic carbocycles. The first-order valence-electron chi connectivity index (χ1n) is 12.4. The average molecular weight is 492 g/mol. The number of benzene rings is 2. The molecule has 1 saturated heterocycles. The number of ether oxygens (including phenoxy) is 1. The average Bonchev–Trinajstić information content (AvgIpc) is 3.44. The molecule has 36 heavy (non-hydrogen) atoms. The number of rotatable bonds is 9. The molecule has 0 bridgehead atoms. The van der Waals surface area contributed by atoms with E-state index in [-0.39, 0.29) is 24.6 Å². The molecule has 1 aliphatic rings. The SMILES string of the molecule is COCCN1C[C@@H](NC(=O)Nc2c(C)c(C(C)(C)CO)nn2-c2ccccc2)[C@H](c2ccccc2)C1. The third-order valence-corrected chi connectivity index (χ3v) is 6.94. The number of para-hydroxylation sites is 1. The van der Waals surface area contributed by atoms with Gasteiger partial charge in [0.25, 0.3) is 0 Å². The van der Waals surface area contributed by atoms with E-state index in [0.29, 0.717) is 12.4 Å². The summed E-state index contributed by atoms with van der Waals surface area (Å²) in [6.07, 6.45) is 0. The second-order valence-electron chi connectivity index (χ2n) is 10.1. The predicted octanol–water partition coefficient (Wildman–Crippen LogP) is 3.69. The Bertz CT molecular complexity index is 1150. The van der Waals surface area contributed by atoms with Crippen molar-refractivity contribution in [1.82, 2.24) is 20.0 Å². The fraction of sp³-hybridized carbons (Fsp3) is 0.429. The van der Waals surface area contributed by atoms with Crippen molar-refractivity contribution in [3.05, 3.63) is 77.5 Å². The number of nitrogens with one attached hydrogen (secondary N) is 2. The number of urea groups is 1. The maximum Gasteiger partial charge on any atom is 0.320 e. The highest BCUT2D eigenvalue weighted by atomic mass is 16.5. The van der Waals surface area contributed by atoms with Crippen molar-refractivity contribution in [2.45, 2.75) is 38.1 Å². The number of carbonyl (C=O) groups excluding carboxylic acids is 1. The van der Waals surface area contributed by atoms with Crippen molar-refractivity contribution >= 4 is 11.8 Å². The fourth-order valence-corrected chi connectivity index (χ4v) is 4.90. The number of methoxy groups -OCH3 is 1. The Labute approximate surface area is 213 Å². The van der Waals surface area contributed by atoms with E-state index in [2.05, 4.69) is 27.7 Å². The van der Waals surface area contributed by atoms with Crippen LogP contribution in [0, 0.1) is 6.92 Å². The van der Waals surface area contributed by atoms with Gasteiger partial charge in [0, 0.05) is 43.6 Å². The van der Waals surface area contributed by atoms with Gasteiger partial charge in [-0.2, -0.15) is 5.10 Å². The van der Waals surface area contributed by atoms with Crippen LogP contribution in [-0.4, -0.2) is 71.8 Å². The van der Waals surface area contributed by atoms with E-state index in [1.54, 1.807) is 11.8 Å². The first kappa shape index (κ1) is 25.9. The molecule has 3 N–H and O–H groups in total. The molecule has 2 amide bonds. The molecular weight excluding hydrogens is 454 g/mol. The summed E-state index contributed by atoms with van der Waals surface area (Å²) in [6, 6.07) is 19.7. The van der Waals surface area contributed by atoms with Crippen molar-refractivity contribution in [2.24, 2.45) is 0 Å². The normalized spacial score (nSPS) is 18.4. The van der Waals surface area contributed by atoms with Gasteiger partial charge in [0.1, 0.15) is 5.82 Å². The third kappa shape index (κ3) is 5.61. The van der Waals surface area contributed by atoms with Crippen LogP contribution in [0.25, 0.3) is 5.69 Å². The smallest absolute Gasteiger partial charge is 0.320 e. The summed E-state index contributed by atoms with van der Waals surface area (Å²) in [5.74, 6) is 0.776. The first-order valence-corrected chi connectivity index (χ1v) is 12.4. The van der Waals surface area contributed by atoms with Crippen LogP contribution in [0.3, 0.4) is 0 Å². The van der Waals surface area contributed by atoms with Gasteiger partial charge in [-0.3, -0.25) is 10.2 Å². The van der Waals surface area contributed by atoms with E-state index in [4.69, 9.17) is 9.84 Å². The van der Waals surface area contributed by atoms with Crippen molar-refractivity contribution < 1.29 is 14.6 Å². The van der Waals surface area contributed by atoms with Crippen molar-refractivity contribution in [3.8, 4) is 5.69 Å². The monoisotopic (exact) mass is 491 g/mol. The molecule has 8 heteroatoms. The topological polar surface area (TPSA) is 91.7 Å². The largest absolute Gasteiger partial charge is 0.395 e. The van der Waals surface area contributed by atoms with Crippen LogP contribution in [-0.2, 0) is 10.2 Å². The van der Waals surface area contributed by atoms with Gasteiger partial charge >= 0.3 is 6.03 Å². The summed E-state index contributed by atoms with van der Waals surface area (Å²) in [5.41, 5.74) is 3.08. The lowest BCUT2D eigenvalue weighted by Gasteiger charge is -2.21. The summed E-state index contributed by atoms with van der Waals surface area (Å²) in [7, 11) is 1.71. The van der Waals surface area contributed by atoms with Crippen LogP contribution in [0.2, 0.25) is 0 Å². The van der Waals surface area contributed by atoms with Gasteiger partial charge in [-0.05, 0) is 24.6 Å². The van der Waals surface area contributed by atoms with Crippen LogP contribution in [0.4, 0.5) is 10.6 Å². The highest BCUT2D eigenvalue weighted by Gasteiger charge is 2.35. The minimum atomic E-state index is -0.553. The van der Waals surface area contributed by atoms with Crippen LogP contribution < -0.4 is 10.6 Å². The maximum atomic E-state index is 13.4. The van der Waals surface area contributed by atoms with E-state index < -0.39 is 5.41 Å². The fourth-order valence-electron chi connectivity index (χ4n) is 4.90. The lowest BCUT2D eigenvalue weighted by Crippen LogP contribution is -2.42. The molecule has 0 spiro atoms. The van der Waals surface area contributed by atoms with Crippen LogP contribution in [0.15, 0.2) is 60.7 Å². The number of nitrogens with zero attached hydrogens (tertiary/aromatic N) is 3. The van der Waals surface area contributed by atoms with E-state index in [0.717, 1.165) is 36.6 Å². The van der Waals surface area contributed by atoms with E-state index in [9.17, 15) is 9.90 Å². The number of aliphatic hydroxyl groups excluding tert-OH is 1. The van der Waals surface area contributed by atoms with Crippen LogP contribution in [0.5, 0.6) is 0 Å². The van der Waals surface area contributed by atoms with Crippen LogP contribution >= 0.6 is 0 Å². The van der Waals surface area contributed by atoms with Crippen molar-refractivity contribution in [3.63, 3.8) is 0 Å². The standard InChI is InChI=1S/C28H37N5O3/c1-20-25(28(2,3)19-34)31-33(22-13-9-6-10-14-22)26(20)30-27(35)29-24-18-32(15-16-36-4)17-23(24)21-11-7-5-8-12-21/h5-14,23-24,34H,15-19H2,1-4H3,(H2,29,30,35)/t23-,24+/m0/s1. The van der Waals surface area contributed by atoms with Gasteiger partial charge in [-0.25, -0.2) is 9.48 Å². The molecule has 8 nitrogen and oxygen atoms in total. The number of anilines is 1. The Morgan fingerprint density at radius 3 is 2.42 bits per heavy atom. The molecule has 4 rings (SSSR count). The van der Waals surface area contributed by atoms with Crippen molar-refractivity contribution in [2.75, 3.05) is 45.3 Å². The first-order chi connectivity index (χ1) is 17.3. The molecule has 192 valence electrons. The van der Waals surface area contributed by atoms with Gasteiger partial charge < -0.3 is 15.2 Å². The number of aliphatic hydroxyl groups is 1. The van der Waals surface area contributed by atoms with Gasteiger partial charge in [-0.15, -0.1) is 0 Å². The molecule has 2 heterocycles. The molecular formula is C28H37N5O3. The number of hydrogen-bond donors (Lipinski definition) is 3.